The van der Waals surface area contributed by atoms with Crippen molar-refractivity contribution in [3.8, 4) is 5.75 Å². The summed E-state index contributed by atoms with van der Waals surface area (Å²) in [4.78, 5) is 12.0. The van der Waals surface area contributed by atoms with Gasteiger partial charge in [0.05, 0.1) is 6.61 Å². The van der Waals surface area contributed by atoms with E-state index in [0.29, 0.717) is 24.6 Å². The number of carbonyl (C=O) groups is 1. The highest BCUT2D eigenvalue weighted by atomic mass is 16.5. The SMILES string of the molecule is CC(C)COc1cccc(C(=O)NCCCC(C)CO)c1. The van der Waals surface area contributed by atoms with Gasteiger partial charge in [0.15, 0.2) is 0 Å². The molecule has 1 amide bonds. The average Bonchev–Trinajstić information content (AvgIpc) is 2.49. The van der Waals surface area contributed by atoms with E-state index in [1.165, 1.54) is 0 Å². The van der Waals surface area contributed by atoms with Gasteiger partial charge in [-0.05, 0) is 42.9 Å². The van der Waals surface area contributed by atoms with Crippen LogP contribution in [0.1, 0.15) is 44.0 Å². The topological polar surface area (TPSA) is 58.6 Å². The maximum atomic E-state index is 12.0. The number of benzene rings is 1. The van der Waals surface area contributed by atoms with Crippen LogP contribution in [0, 0.1) is 11.8 Å². The van der Waals surface area contributed by atoms with Gasteiger partial charge in [-0.2, -0.15) is 0 Å². The summed E-state index contributed by atoms with van der Waals surface area (Å²) in [5, 5.41) is 11.8. The third-order valence-electron chi connectivity index (χ3n) is 3.15. The van der Waals surface area contributed by atoms with E-state index in [0.717, 1.165) is 18.6 Å². The second kappa shape index (κ2) is 9.40. The molecule has 0 heterocycles. The second-order valence-corrected chi connectivity index (χ2v) is 5.92. The molecule has 0 saturated carbocycles. The van der Waals surface area contributed by atoms with Crippen molar-refractivity contribution in [3.63, 3.8) is 0 Å². The summed E-state index contributed by atoms with van der Waals surface area (Å²) in [6.45, 7) is 7.64. The number of hydrogen-bond acceptors (Lipinski definition) is 3. The van der Waals surface area contributed by atoms with E-state index in [-0.39, 0.29) is 18.4 Å². The first-order chi connectivity index (χ1) is 10.0. The molecule has 0 aliphatic carbocycles. The zero-order valence-electron chi connectivity index (χ0n) is 13.3. The lowest BCUT2D eigenvalue weighted by Gasteiger charge is -2.11. The van der Waals surface area contributed by atoms with E-state index in [1.807, 2.05) is 19.1 Å². The zero-order valence-corrected chi connectivity index (χ0v) is 13.3. The minimum atomic E-state index is -0.0818. The molecule has 1 aromatic carbocycles. The molecule has 1 aromatic rings. The van der Waals surface area contributed by atoms with E-state index in [2.05, 4.69) is 19.2 Å². The molecule has 0 spiro atoms. The smallest absolute Gasteiger partial charge is 0.251 e. The lowest BCUT2D eigenvalue weighted by atomic mass is 10.1. The van der Waals surface area contributed by atoms with Crippen LogP contribution < -0.4 is 10.1 Å². The van der Waals surface area contributed by atoms with Crippen LogP contribution in [0.3, 0.4) is 0 Å². The van der Waals surface area contributed by atoms with E-state index >= 15 is 0 Å². The van der Waals surface area contributed by atoms with Crippen molar-refractivity contribution in [1.29, 1.82) is 0 Å². The van der Waals surface area contributed by atoms with Crippen molar-refractivity contribution >= 4 is 5.91 Å². The summed E-state index contributed by atoms with van der Waals surface area (Å²) in [6.07, 6.45) is 1.78. The predicted octanol–water partition coefficient (Wildman–Crippen LogP) is 2.86. The summed E-state index contributed by atoms with van der Waals surface area (Å²) in [7, 11) is 0. The fourth-order valence-corrected chi connectivity index (χ4v) is 1.84. The number of nitrogens with one attached hydrogen (secondary N) is 1. The number of carbonyl (C=O) groups excluding carboxylic acids is 1. The molecule has 0 aliphatic rings. The molecule has 1 rings (SSSR count). The van der Waals surface area contributed by atoms with Crippen LogP contribution in [0.15, 0.2) is 24.3 Å². The van der Waals surface area contributed by atoms with Crippen molar-refractivity contribution in [2.45, 2.75) is 33.6 Å². The Morgan fingerprint density at radius 2 is 2.10 bits per heavy atom. The number of aliphatic hydroxyl groups is 1. The lowest BCUT2D eigenvalue weighted by Crippen LogP contribution is -2.24. The monoisotopic (exact) mass is 293 g/mol. The van der Waals surface area contributed by atoms with Gasteiger partial charge in [0.25, 0.3) is 5.91 Å². The fourth-order valence-electron chi connectivity index (χ4n) is 1.84. The summed E-state index contributed by atoms with van der Waals surface area (Å²) in [5.74, 6) is 1.39. The Balaban J connectivity index is 2.41. The number of aliphatic hydroxyl groups excluding tert-OH is 1. The molecule has 21 heavy (non-hydrogen) atoms. The maximum Gasteiger partial charge on any atom is 0.251 e. The van der Waals surface area contributed by atoms with Crippen molar-refractivity contribution in [1.82, 2.24) is 5.32 Å². The van der Waals surface area contributed by atoms with Gasteiger partial charge in [-0.3, -0.25) is 4.79 Å². The number of hydrogen-bond donors (Lipinski definition) is 2. The van der Waals surface area contributed by atoms with Crippen molar-refractivity contribution in [2.75, 3.05) is 19.8 Å². The van der Waals surface area contributed by atoms with Gasteiger partial charge >= 0.3 is 0 Å². The highest BCUT2D eigenvalue weighted by Gasteiger charge is 2.07. The minimum absolute atomic E-state index is 0.0818. The number of amides is 1. The Labute approximate surface area is 127 Å². The lowest BCUT2D eigenvalue weighted by molar-refractivity contribution is 0.0951. The molecule has 1 atom stereocenters. The van der Waals surface area contributed by atoms with Gasteiger partial charge in [0, 0.05) is 18.7 Å². The Hall–Kier alpha value is -1.55. The highest BCUT2D eigenvalue weighted by molar-refractivity contribution is 5.94. The summed E-state index contributed by atoms with van der Waals surface area (Å²) in [6, 6.07) is 7.25. The van der Waals surface area contributed by atoms with Crippen molar-refractivity contribution in [3.05, 3.63) is 29.8 Å². The van der Waals surface area contributed by atoms with Crippen LogP contribution in [-0.4, -0.2) is 30.8 Å². The first-order valence-corrected chi connectivity index (χ1v) is 7.64. The normalized spacial score (nSPS) is 12.2. The zero-order chi connectivity index (χ0) is 15.7. The average molecular weight is 293 g/mol. The van der Waals surface area contributed by atoms with Crippen molar-refractivity contribution in [2.24, 2.45) is 11.8 Å². The number of ether oxygens (including phenoxy) is 1. The van der Waals surface area contributed by atoms with E-state index in [9.17, 15) is 4.79 Å². The summed E-state index contributed by atoms with van der Waals surface area (Å²) in [5.41, 5.74) is 0.617. The second-order valence-electron chi connectivity index (χ2n) is 5.92. The quantitative estimate of drug-likeness (QED) is 0.688. The van der Waals surface area contributed by atoms with Gasteiger partial charge < -0.3 is 15.2 Å². The maximum absolute atomic E-state index is 12.0. The third kappa shape index (κ3) is 7.14. The summed E-state index contributed by atoms with van der Waals surface area (Å²) < 4.78 is 5.62. The molecule has 0 aliphatic heterocycles. The van der Waals surface area contributed by atoms with Gasteiger partial charge in [-0.15, -0.1) is 0 Å². The molecule has 0 fully saturated rings. The Bertz CT molecular complexity index is 432. The van der Waals surface area contributed by atoms with Crippen LogP contribution in [-0.2, 0) is 0 Å². The van der Waals surface area contributed by atoms with Crippen LogP contribution in [0.5, 0.6) is 5.75 Å². The molecule has 118 valence electrons. The largest absolute Gasteiger partial charge is 0.493 e. The van der Waals surface area contributed by atoms with Gasteiger partial charge in [-0.25, -0.2) is 0 Å². The molecule has 0 radical (unpaired) electrons. The molecule has 0 bridgehead atoms. The third-order valence-corrected chi connectivity index (χ3v) is 3.15. The highest BCUT2D eigenvalue weighted by Crippen LogP contribution is 2.14. The fraction of sp³-hybridized carbons (Fsp3) is 0.588. The van der Waals surface area contributed by atoms with Gasteiger partial charge in [-0.1, -0.05) is 26.8 Å². The first-order valence-electron chi connectivity index (χ1n) is 7.64. The minimum Gasteiger partial charge on any atom is -0.493 e. The first kappa shape index (κ1) is 17.5. The Morgan fingerprint density at radius 1 is 1.33 bits per heavy atom. The standard InChI is InChI=1S/C17H27NO3/c1-13(2)12-21-16-8-4-7-15(10-16)17(20)18-9-5-6-14(3)11-19/h4,7-8,10,13-14,19H,5-6,9,11-12H2,1-3H3,(H,18,20). The molecule has 0 saturated heterocycles. The molecule has 4 nitrogen and oxygen atoms in total. The van der Waals surface area contributed by atoms with Gasteiger partial charge in [0.2, 0.25) is 0 Å². The summed E-state index contributed by atoms with van der Waals surface area (Å²) >= 11 is 0. The molecule has 2 N–H and O–H groups in total. The predicted molar refractivity (Wildman–Crippen MR) is 84.6 cm³/mol. The van der Waals surface area contributed by atoms with Crippen LogP contribution >= 0.6 is 0 Å². The molecule has 1 unspecified atom stereocenters. The molecule has 4 heteroatoms. The molecular formula is C17H27NO3. The Morgan fingerprint density at radius 3 is 2.76 bits per heavy atom. The molecule has 0 aromatic heterocycles. The van der Waals surface area contributed by atoms with E-state index < -0.39 is 0 Å². The van der Waals surface area contributed by atoms with E-state index in [1.54, 1.807) is 12.1 Å². The molecular weight excluding hydrogens is 266 g/mol. The van der Waals surface area contributed by atoms with E-state index in [4.69, 9.17) is 9.84 Å². The Kier molecular flexibility index (Phi) is 7.83. The van der Waals surface area contributed by atoms with Crippen LogP contribution in [0.25, 0.3) is 0 Å². The van der Waals surface area contributed by atoms with Crippen molar-refractivity contribution < 1.29 is 14.6 Å². The van der Waals surface area contributed by atoms with Crippen LogP contribution in [0.2, 0.25) is 0 Å². The van der Waals surface area contributed by atoms with Crippen LogP contribution in [0.4, 0.5) is 0 Å². The number of rotatable bonds is 9. The van der Waals surface area contributed by atoms with Gasteiger partial charge in [0.1, 0.15) is 5.75 Å².